The minimum Gasteiger partial charge on any atom is -0.384 e. The van der Waals surface area contributed by atoms with Crippen LogP contribution in [0.25, 0.3) is 33.8 Å². The highest BCUT2D eigenvalue weighted by molar-refractivity contribution is 5.91. The summed E-state index contributed by atoms with van der Waals surface area (Å²) >= 11 is 0. The summed E-state index contributed by atoms with van der Waals surface area (Å²) in [6.07, 6.45) is -5.86. The molecule has 4 aromatic rings. The summed E-state index contributed by atoms with van der Waals surface area (Å²) in [5, 5.41) is 0. The summed E-state index contributed by atoms with van der Waals surface area (Å²) in [4.78, 5) is 27.0. The maximum Gasteiger partial charge on any atom is 0.471 e. The van der Waals surface area contributed by atoms with E-state index in [0.717, 1.165) is 41.9 Å². The predicted octanol–water partition coefficient (Wildman–Crippen LogP) is 7.97. The number of aromatic nitrogens is 3. The van der Waals surface area contributed by atoms with Crippen molar-refractivity contribution in [3.63, 3.8) is 0 Å². The first-order valence-electron chi connectivity index (χ1n) is 15.6. The lowest BCUT2D eigenvalue weighted by Crippen LogP contribution is -2.45. The second-order valence-electron chi connectivity index (χ2n) is 12.9. The van der Waals surface area contributed by atoms with Crippen LogP contribution in [-0.2, 0) is 15.7 Å². The van der Waals surface area contributed by atoms with E-state index in [-0.39, 0.29) is 41.3 Å². The zero-order valence-electron chi connectivity index (χ0n) is 26.3. The Hall–Kier alpha value is -4.20. The summed E-state index contributed by atoms with van der Waals surface area (Å²) in [6.45, 7) is 1.18. The van der Waals surface area contributed by atoms with E-state index in [4.69, 9.17) is 4.74 Å². The molecule has 0 spiro atoms. The molecular weight excluding hydrogens is 643 g/mol. The Morgan fingerprint density at radius 3 is 2.27 bits per heavy atom. The monoisotopic (exact) mass is 677 g/mol. The predicted molar refractivity (Wildman–Crippen MR) is 166 cm³/mol. The van der Waals surface area contributed by atoms with Crippen LogP contribution >= 0.6 is 0 Å². The molecule has 1 saturated carbocycles. The number of piperidine rings is 1. The third kappa shape index (κ3) is 6.85. The molecule has 2 aliphatic rings. The molecule has 6 rings (SSSR count). The second-order valence-corrected chi connectivity index (χ2v) is 12.9. The fraction of sp³-hybridized carbons (Fsp3) is 0.441. The molecule has 1 aliphatic carbocycles. The van der Waals surface area contributed by atoms with Crippen molar-refractivity contribution in [2.75, 3.05) is 45.3 Å². The van der Waals surface area contributed by atoms with Crippen molar-refractivity contribution in [2.24, 2.45) is 5.41 Å². The smallest absolute Gasteiger partial charge is 0.384 e. The summed E-state index contributed by atoms with van der Waals surface area (Å²) in [5.41, 5.74) is 1.93. The first-order chi connectivity index (χ1) is 22.7. The number of hydrogen-bond donors (Lipinski definition) is 1. The van der Waals surface area contributed by atoms with E-state index in [1.165, 1.54) is 0 Å². The lowest BCUT2D eigenvalue weighted by Gasteiger charge is -2.44. The summed E-state index contributed by atoms with van der Waals surface area (Å²) in [5.74, 6) is -2.42. The van der Waals surface area contributed by atoms with E-state index in [2.05, 4.69) is 15.0 Å². The van der Waals surface area contributed by atoms with Crippen molar-refractivity contribution < 1.29 is 40.3 Å². The summed E-state index contributed by atoms with van der Waals surface area (Å²) in [7, 11) is 3.53. The Morgan fingerprint density at radius 2 is 1.69 bits per heavy atom. The molecule has 0 radical (unpaired) electrons. The number of carbonyl (C=O) groups is 1. The first-order valence-corrected chi connectivity index (χ1v) is 15.6. The lowest BCUT2D eigenvalue weighted by atomic mass is 9.69. The number of likely N-dealkylation sites (tertiary alicyclic amines) is 1. The van der Waals surface area contributed by atoms with Gasteiger partial charge in [0.15, 0.2) is 5.65 Å². The minimum atomic E-state index is -4.89. The van der Waals surface area contributed by atoms with Gasteiger partial charge in [-0.3, -0.25) is 4.79 Å². The highest BCUT2D eigenvalue weighted by Crippen LogP contribution is 2.43. The molecule has 1 aliphatic heterocycles. The van der Waals surface area contributed by atoms with Crippen molar-refractivity contribution in [1.29, 1.82) is 0 Å². The van der Waals surface area contributed by atoms with Gasteiger partial charge in [0.25, 0.3) is 0 Å². The van der Waals surface area contributed by atoms with Gasteiger partial charge in [0, 0.05) is 50.3 Å². The number of hydrogen-bond acceptors (Lipinski definition) is 5. The lowest BCUT2D eigenvalue weighted by molar-refractivity contribution is -0.186. The average molecular weight is 678 g/mol. The molecular formula is C34H34F7N5O2. The van der Waals surface area contributed by atoms with Gasteiger partial charge < -0.3 is 19.5 Å². The van der Waals surface area contributed by atoms with Gasteiger partial charge in [0.2, 0.25) is 0 Å². The number of halogens is 7. The minimum absolute atomic E-state index is 0.0140. The highest BCUT2D eigenvalue weighted by atomic mass is 19.4. The Balaban J connectivity index is 1.32. The molecule has 2 aromatic carbocycles. The maximum atomic E-state index is 14.4. The maximum absolute atomic E-state index is 14.4. The third-order valence-corrected chi connectivity index (χ3v) is 9.49. The molecule has 1 saturated heterocycles. The van der Waals surface area contributed by atoms with Gasteiger partial charge in [-0.2, -0.15) is 26.3 Å². The van der Waals surface area contributed by atoms with Crippen molar-refractivity contribution in [1.82, 2.24) is 19.9 Å². The van der Waals surface area contributed by atoms with Crippen LogP contribution in [0.3, 0.4) is 0 Å². The highest BCUT2D eigenvalue weighted by Gasteiger charge is 2.43. The van der Waals surface area contributed by atoms with Gasteiger partial charge in [0.05, 0.1) is 23.6 Å². The fourth-order valence-electron chi connectivity index (χ4n) is 6.89. The Labute approximate surface area is 272 Å². The molecule has 2 aromatic heterocycles. The quantitative estimate of drug-likeness (QED) is 0.192. The Kier molecular flexibility index (Phi) is 8.90. The number of carbonyl (C=O) groups excluding carboxylic acids is 1. The number of alkyl halides is 6. The number of fused-ring (bicyclic) bond motifs is 1. The normalized spacial score (nSPS) is 17.1. The van der Waals surface area contributed by atoms with Gasteiger partial charge in [0.1, 0.15) is 17.2 Å². The molecule has 1 N–H and O–H groups in total. The van der Waals surface area contributed by atoms with E-state index in [9.17, 15) is 35.5 Å². The number of amides is 1. The SMILES string of the molecule is COCC1(CN(C)c2cc(-c3cc(F)cc(C(F)(F)F)c3)nc3nc(-c4ccc(C5CCN(C(=O)C(F)(F)F)CC5)cc4)[nH]c23)CCC1. The molecule has 2 fully saturated rings. The van der Waals surface area contributed by atoms with Gasteiger partial charge in [-0.1, -0.05) is 30.7 Å². The van der Waals surface area contributed by atoms with Gasteiger partial charge in [-0.05, 0) is 61.4 Å². The van der Waals surface area contributed by atoms with Crippen LogP contribution in [-0.4, -0.2) is 72.3 Å². The number of pyridine rings is 1. The number of nitrogens with zero attached hydrogens (tertiary/aromatic N) is 4. The zero-order chi connectivity index (χ0) is 34.4. The number of imidazole rings is 1. The molecule has 0 atom stereocenters. The number of anilines is 1. The molecule has 256 valence electrons. The van der Waals surface area contributed by atoms with Crippen molar-refractivity contribution in [3.05, 3.63) is 65.5 Å². The van der Waals surface area contributed by atoms with Crippen molar-refractivity contribution >= 4 is 22.8 Å². The Morgan fingerprint density at radius 1 is 1.00 bits per heavy atom. The second kappa shape index (κ2) is 12.7. The number of benzene rings is 2. The standard InChI is InChI=1S/C34H34F7N5O2/c1-45(18-32(19-48-2)10-3-11-32)27-17-26(23-14-24(33(36,37)38)16-25(35)15-23)42-30-28(27)43-29(44-30)22-6-4-20(5-7-22)21-8-12-46(13-9-21)31(47)34(39,40)41/h4-7,14-17,21H,3,8-13,18-19H2,1-2H3,(H,42,43,44). The van der Waals surface area contributed by atoms with E-state index in [1.807, 2.05) is 36.2 Å². The number of H-pyrrole nitrogens is 1. The van der Waals surface area contributed by atoms with Gasteiger partial charge >= 0.3 is 18.3 Å². The van der Waals surface area contributed by atoms with Crippen LogP contribution in [0, 0.1) is 11.2 Å². The van der Waals surface area contributed by atoms with E-state index < -0.39 is 29.6 Å². The molecule has 3 heterocycles. The van der Waals surface area contributed by atoms with E-state index >= 15 is 0 Å². The van der Waals surface area contributed by atoms with Crippen LogP contribution in [0.4, 0.5) is 36.4 Å². The molecule has 7 nitrogen and oxygen atoms in total. The van der Waals surface area contributed by atoms with Crippen LogP contribution in [0.2, 0.25) is 0 Å². The molecule has 1 amide bonds. The first kappa shape index (κ1) is 33.7. The zero-order valence-corrected chi connectivity index (χ0v) is 26.3. The fourth-order valence-corrected chi connectivity index (χ4v) is 6.89. The van der Waals surface area contributed by atoms with E-state index in [0.29, 0.717) is 54.7 Å². The molecule has 0 bridgehead atoms. The largest absolute Gasteiger partial charge is 0.471 e. The van der Waals surface area contributed by atoms with Crippen LogP contribution in [0.15, 0.2) is 48.5 Å². The van der Waals surface area contributed by atoms with Crippen LogP contribution < -0.4 is 4.90 Å². The molecule has 14 heteroatoms. The number of methoxy groups -OCH3 is 1. The number of nitrogens with one attached hydrogen (secondary N) is 1. The summed E-state index contributed by atoms with van der Waals surface area (Å²) < 4.78 is 99.2. The van der Waals surface area contributed by atoms with Gasteiger partial charge in [-0.15, -0.1) is 0 Å². The summed E-state index contributed by atoms with van der Waals surface area (Å²) in [6, 6.07) is 11.4. The molecule has 0 unspecified atom stereocenters. The van der Waals surface area contributed by atoms with E-state index in [1.54, 1.807) is 13.2 Å². The molecule has 48 heavy (non-hydrogen) atoms. The van der Waals surface area contributed by atoms with Crippen molar-refractivity contribution in [3.8, 4) is 22.6 Å². The van der Waals surface area contributed by atoms with Crippen LogP contribution in [0.1, 0.15) is 49.1 Å². The average Bonchev–Trinajstić information content (AvgIpc) is 3.46. The number of aromatic amines is 1. The van der Waals surface area contributed by atoms with Crippen LogP contribution in [0.5, 0.6) is 0 Å². The topological polar surface area (TPSA) is 74.3 Å². The number of rotatable bonds is 8. The van der Waals surface area contributed by atoms with Gasteiger partial charge in [-0.25, -0.2) is 14.4 Å². The Bertz CT molecular complexity index is 1790. The van der Waals surface area contributed by atoms with Crippen molar-refractivity contribution in [2.45, 2.75) is 50.4 Å². The number of ether oxygens (including phenoxy) is 1. The third-order valence-electron chi connectivity index (χ3n) is 9.49.